The molecule has 40 heteroatoms. The summed E-state index contributed by atoms with van der Waals surface area (Å²) in [5, 5.41) is 8.91. The highest BCUT2D eigenvalue weighted by Gasteiger charge is 2.29. The van der Waals surface area contributed by atoms with Crippen molar-refractivity contribution in [3.05, 3.63) is 169 Å². The summed E-state index contributed by atoms with van der Waals surface area (Å²) >= 11 is 8.66. The molecule has 0 unspecified atom stereocenters. The molecule has 5 N–H and O–H groups in total. The summed E-state index contributed by atoms with van der Waals surface area (Å²) in [5.74, 6) is 4.55. The van der Waals surface area contributed by atoms with E-state index in [-0.39, 0.29) is 59.9 Å². The van der Waals surface area contributed by atoms with Gasteiger partial charge in [0.15, 0.2) is 32.9 Å². The van der Waals surface area contributed by atoms with Gasteiger partial charge in [-0.3, -0.25) is 25.0 Å². The average molecular weight is 1660 g/mol. The molecule has 3 atom stereocenters. The monoisotopic (exact) mass is 1660 g/mol. The molecular weight excluding hydrogens is 1580 g/mol. The third-order valence-corrected chi connectivity index (χ3v) is 19.3. The molecule has 3 aliphatic rings. The third kappa shape index (κ3) is 23.7. The van der Waals surface area contributed by atoms with Gasteiger partial charge in [0.1, 0.15) is 28.7 Å². The summed E-state index contributed by atoms with van der Waals surface area (Å²) in [6, 6.07) is 37.9. The zero-order valence-electron chi connectivity index (χ0n) is 64.5. The SMILES string of the molecule is CNC(=O)Nc1ncc(-c2nc(Oc3ccc(C(=O)N(C)C)cc3)nc(N3CCOC[C@@H]3C)n2)s1.C[C@H]1COCCN1c1nc(Oc2ccc(C(=O)N(C)C)cc2)nc(-c2cnc(N)s2)n1.C[C@H]1COCCN1c1nc(Oc2ccc(C(=O)N(C)C)cc2)nc(-c2cnc(NC(=O)Oc3ccccc3)s2)n1.O=C(Cl)Oc1ccccc1. The fourth-order valence-corrected chi connectivity index (χ4v) is 13.0. The van der Waals surface area contributed by atoms with Crippen LogP contribution in [0.3, 0.4) is 0 Å². The molecule has 14 rings (SSSR count). The van der Waals surface area contributed by atoms with E-state index in [0.29, 0.717) is 165 Å². The highest BCUT2D eigenvalue weighted by atomic mass is 35.5. The second kappa shape index (κ2) is 40.3. The zero-order chi connectivity index (χ0) is 82.4. The molecule has 6 amide bonds. The van der Waals surface area contributed by atoms with Crippen molar-refractivity contribution >= 4 is 114 Å². The highest BCUT2D eigenvalue weighted by molar-refractivity contribution is 7.19. The van der Waals surface area contributed by atoms with Crippen LogP contribution in [-0.2, 0) is 14.2 Å². The number of anilines is 6. The Kier molecular flexibility index (Phi) is 29.2. The summed E-state index contributed by atoms with van der Waals surface area (Å²) < 4.78 is 44.3. The number of para-hydroxylation sites is 2. The van der Waals surface area contributed by atoms with E-state index in [2.05, 4.69) is 85.4 Å². The van der Waals surface area contributed by atoms with Crippen molar-refractivity contribution in [2.24, 2.45) is 0 Å². The van der Waals surface area contributed by atoms with E-state index in [1.807, 2.05) is 42.7 Å². The molecule has 0 radical (unpaired) electrons. The smallest absolute Gasteiger partial charge is 0.418 e. The molecule has 604 valence electrons. The molecule has 36 nitrogen and oxygen atoms in total. The largest absolute Gasteiger partial charge is 0.424 e. The van der Waals surface area contributed by atoms with Crippen LogP contribution in [0.15, 0.2) is 152 Å². The Morgan fingerprint density at radius 1 is 0.440 bits per heavy atom. The molecule has 9 heterocycles. The maximum Gasteiger partial charge on any atom is 0.418 e. The van der Waals surface area contributed by atoms with Crippen molar-refractivity contribution in [2.75, 3.05) is 140 Å². The van der Waals surface area contributed by atoms with Crippen molar-refractivity contribution in [3.8, 4) is 78.9 Å². The normalized spacial score (nSPS) is 14.9. The first-order chi connectivity index (χ1) is 55.9. The first-order valence-electron chi connectivity index (χ1n) is 35.8. The van der Waals surface area contributed by atoms with Crippen LogP contribution in [0.1, 0.15) is 51.8 Å². The van der Waals surface area contributed by atoms with E-state index in [4.69, 9.17) is 50.5 Å². The number of carbonyl (C=O) groups excluding carboxylic acids is 6. The van der Waals surface area contributed by atoms with E-state index in [0.717, 1.165) is 4.88 Å². The Morgan fingerprint density at radius 3 is 1.09 bits per heavy atom. The number of amides is 6. The highest BCUT2D eigenvalue weighted by Crippen LogP contribution is 2.35. The van der Waals surface area contributed by atoms with Crippen LogP contribution in [0, 0.1) is 0 Å². The van der Waals surface area contributed by atoms with Gasteiger partial charge < -0.3 is 78.3 Å². The molecule has 3 saturated heterocycles. The average Bonchev–Trinajstić information content (AvgIpc) is 1.36. The number of nitrogens with two attached hydrogens (primary N) is 1. The fraction of sp³-hybridized carbons (Fsp3) is 0.289. The molecule has 0 bridgehead atoms. The number of benzene rings is 5. The second-order valence-corrected chi connectivity index (χ2v) is 29.3. The van der Waals surface area contributed by atoms with E-state index in [1.165, 1.54) is 55.8 Å². The van der Waals surface area contributed by atoms with E-state index < -0.39 is 11.5 Å². The number of thiazole rings is 3. The van der Waals surface area contributed by atoms with Crippen LogP contribution in [0.4, 0.5) is 47.6 Å². The first-order valence-corrected chi connectivity index (χ1v) is 38.6. The lowest BCUT2D eigenvalue weighted by Crippen LogP contribution is -2.44. The summed E-state index contributed by atoms with van der Waals surface area (Å²) in [6.45, 7) is 11.4. The minimum atomic E-state index is -0.814. The second-order valence-electron chi connectivity index (χ2n) is 25.9. The molecule has 3 aliphatic heterocycles. The molecule has 0 aliphatic carbocycles. The lowest BCUT2D eigenvalue weighted by molar-refractivity contribution is 0.0820. The van der Waals surface area contributed by atoms with Gasteiger partial charge in [0, 0.05) is 97.3 Å². The van der Waals surface area contributed by atoms with E-state index >= 15 is 0 Å². The van der Waals surface area contributed by atoms with Crippen molar-refractivity contribution < 1.29 is 66.7 Å². The van der Waals surface area contributed by atoms with Crippen molar-refractivity contribution in [1.29, 1.82) is 0 Å². The van der Waals surface area contributed by atoms with Crippen LogP contribution in [0.2, 0.25) is 0 Å². The molecule has 6 aromatic heterocycles. The van der Waals surface area contributed by atoms with E-state index in [1.54, 1.807) is 182 Å². The number of halogens is 1. The molecule has 0 spiro atoms. The number of urea groups is 1. The number of nitrogen functional groups attached to an aromatic ring is 1. The van der Waals surface area contributed by atoms with Crippen LogP contribution < -0.4 is 60.1 Å². The van der Waals surface area contributed by atoms with Gasteiger partial charge >= 0.3 is 35.6 Å². The number of nitrogens with zero attached hydrogens (tertiary/aromatic N) is 18. The number of ether oxygens (including phenoxy) is 8. The lowest BCUT2D eigenvalue weighted by atomic mass is 10.2. The number of morpholine rings is 3. The molecule has 116 heavy (non-hydrogen) atoms. The summed E-state index contributed by atoms with van der Waals surface area (Å²) in [4.78, 5) is 137. The number of aromatic nitrogens is 12. The van der Waals surface area contributed by atoms with Gasteiger partial charge in [-0.25, -0.2) is 29.3 Å². The van der Waals surface area contributed by atoms with Crippen molar-refractivity contribution in [2.45, 2.75) is 38.9 Å². The van der Waals surface area contributed by atoms with Crippen LogP contribution in [0.25, 0.3) is 32.1 Å². The van der Waals surface area contributed by atoms with Crippen molar-refractivity contribution in [1.82, 2.24) is 79.8 Å². The maximum atomic E-state index is 12.3. The Bertz CT molecular complexity index is 5160. The fourth-order valence-electron chi connectivity index (χ4n) is 10.8. The molecule has 5 aromatic carbocycles. The predicted octanol–water partition coefficient (Wildman–Crippen LogP) is 11.5. The number of hydrogen-bond acceptors (Lipinski definition) is 33. The lowest BCUT2D eigenvalue weighted by Gasteiger charge is -2.33. The third-order valence-electron chi connectivity index (χ3n) is 16.6. The Hall–Kier alpha value is -12.8. The minimum Gasteiger partial charge on any atom is -0.424 e. The van der Waals surface area contributed by atoms with Gasteiger partial charge in [-0.15, -0.1) is 0 Å². The minimum absolute atomic E-state index is 0.0413. The number of rotatable bonds is 19. The maximum absolute atomic E-state index is 12.3. The summed E-state index contributed by atoms with van der Waals surface area (Å²) in [5.41, 5.74) is 6.62. The van der Waals surface area contributed by atoms with Crippen molar-refractivity contribution in [3.63, 3.8) is 0 Å². The topological polar surface area (TPSA) is 412 Å². The van der Waals surface area contributed by atoms with Gasteiger partial charge in [0.2, 0.25) is 17.8 Å². The van der Waals surface area contributed by atoms with Crippen LogP contribution in [-0.4, -0.2) is 237 Å². The van der Waals surface area contributed by atoms with Crippen LogP contribution >= 0.6 is 45.6 Å². The number of carbonyl (C=O) groups is 6. The standard InChI is InChI=1S/C27H27N7O5S.C22H26N8O4S.C20H23N7O3S.C7H5ClO2/c1-17-16-37-14-13-34(17)24-29-22(21-15-28-26(40-21)32-27(36)39-19-7-5-4-6-8-19)30-25(31-24)38-20-11-9-18(10-12-20)23(35)33(2)3;1-13-12-33-10-9-30(13)19-25-17(16-11-24-22(35-16)28-20(32)23-2)26-21(27-19)34-15-7-5-14(6-8-15)18(31)29(3)4;1-12-11-29-9-8-27(12)19-23-16(15-10-22-18(21)31-15)24-20(25-19)30-14-6-4-13(5-7-14)17(28)26(2)3;8-7(9)10-6-4-2-1-3-5-6/h4-12,15,17H,13-14,16H2,1-3H3,(H,28,32,36);5-8,11,13H,9-10,12H2,1-4H3,(H2,23,24,28,32);4-7,10,12H,8-9,11H2,1-3H3,(H2,21,22);1-5H/t17-;13-;12-;/m000./s1. The Labute approximate surface area is 683 Å². The molecule has 11 aromatic rings. The van der Waals surface area contributed by atoms with Gasteiger partial charge in [-0.2, -0.15) is 44.9 Å². The molecular formula is C76H81ClN22O14S3. The summed E-state index contributed by atoms with van der Waals surface area (Å²) in [6.07, 6.45) is 4.12. The van der Waals surface area contributed by atoms with E-state index in [9.17, 15) is 28.8 Å². The van der Waals surface area contributed by atoms with Gasteiger partial charge in [0.05, 0.1) is 91.0 Å². The van der Waals surface area contributed by atoms with Gasteiger partial charge in [-0.1, -0.05) is 70.4 Å². The Balaban J connectivity index is 0.000000162. The molecule has 0 saturated carbocycles. The first kappa shape index (κ1) is 84.1. The quantitative estimate of drug-likeness (QED) is 0.0546. The Morgan fingerprint density at radius 2 is 0.776 bits per heavy atom. The predicted molar refractivity (Wildman–Crippen MR) is 436 cm³/mol. The van der Waals surface area contributed by atoms with Gasteiger partial charge in [0.25, 0.3) is 17.7 Å². The zero-order valence-corrected chi connectivity index (χ0v) is 67.7. The number of hydrogen-bond donors (Lipinski definition) is 4. The summed E-state index contributed by atoms with van der Waals surface area (Å²) in [7, 11) is 11.7. The van der Waals surface area contributed by atoms with Gasteiger partial charge in [-0.05, 0) is 118 Å². The number of nitrogens with one attached hydrogen (secondary N) is 3. The molecule has 3 fully saturated rings. The van der Waals surface area contributed by atoms with Crippen LogP contribution in [0.5, 0.6) is 46.8 Å².